The number of nitrogens with zero attached hydrogens (tertiary/aromatic N) is 4. The second kappa shape index (κ2) is 14.5. The highest BCUT2D eigenvalue weighted by Gasteiger charge is 2.26. The fourth-order valence-corrected chi connectivity index (χ4v) is 7.23. The van der Waals surface area contributed by atoms with Gasteiger partial charge in [0.1, 0.15) is 24.4 Å². The van der Waals surface area contributed by atoms with Crippen molar-refractivity contribution < 1.29 is 23.9 Å². The summed E-state index contributed by atoms with van der Waals surface area (Å²) in [6.07, 6.45) is 2.23. The third-order valence-electron chi connectivity index (χ3n) is 7.92. The number of rotatable bonds is 11. The van der Waals surface area contributed by atoms with Gasteiger partial charge in [-0.1, -0.05) is 61.3 Å². The number of aryl methyl sites for hydroxylation is 1. The number of benzene rings is 2. The smallest absolute Gasteiger partial charge is 0.357 e. The number of carbonyl (C=O) groups is 3. The summed E-state index contributed by atoms with van der Waals surface area (Å²) in [5.74, 6) is -0.213. The van der Waals surface area contributed by atoms with Crippen molar-refractivity contribution in [3.63, 3.8) is 0 Å². The highest BCUT2D eigenvalue weighted by Crippen LogP contribution is 2.28. The average molecular weight is 673 g/mol. The summed E-state index contributed by atoms with van der Waals surface area (Å²) in [5, 5.41) is 0. The Kier molecular flexibility index (Phi) is 10.6. The summed E-state index contributed by atoms with van der Waals surface area (Å²) in [6.45, 7) is 14.5. The Bertz CT molecular complexity index is 1850. The predicted octanol–water partition coefficient (Wildman–Crippen LogP) is 6.80. The molecule has 0 saturated carbocycles. The van der Waals surface area contributed by atoms with Gasteiger partial charge in [-0.25, -0.2) is 9.78 Å². The molecule has 11 heteroatoms. The van der Waals surface area contributed by atoms with Gasteiger partial charge in [0.25, 0.3) is 5.91 Å². The van der Waals surface area contributed by atoms with Crippen molar-refractivity contribution in [2.75, 3.05) is 18.1 Å². The fourth-order valence-electron chi connectivity index (χ4n) is 5.46. The zero-order chi connectivity index (χ0) is 33.8. The third kappa shape index (κ3) is 8.71. The van der Waals surface area contributed by atoms with Crippen LogP contribution in [0.4, 0.5) is 5.82 Å². The number of pyridine rings is 1. The molecule has 0 N–H and O–H groups in total. The summed E-state index contributed by atoms with van der Waals surface area (Å²) < 4.78 is 14.8. The molecular weight excluding hydrogens is 629 g/mol. The normalized spacial score (nSPS) is 13.9. The van der Waals surface area contributed by atoms with Gasteiger partial charge in [-0.05, 0) is 80.6 Å². The number of carbonyl (C=O) groups excluding carboxylic acids is 3. The topological polar surface area (TPSA) is 103 Å². The molecule has 0 fully saturated rings. The highest BCUT2D eigenvalue weighted by molar-refractivity contribution is 7.16. The molecule has 0 saturated heterocycles. The lowest BCUT2D eigenvalue weighted by atomic mass is 9.94. The van der Waals surface area contributed by atoms with Crippen molar-refractivity contribution in [2.24, 2.45) is 4.99 Å². The van der Waals surface area contributed by atoms with Gasteiger partial charge in [-0.2, -0.15) is 4.99 Å². The molecule has 0 spiro atoms. The van der Waals surface area contributed by atoms with E-state index in [1.54, 1.807) is 0 Å². The molecule has 0 bridgehead atoms. The van der Waals surface area contributed by atoms with Crippen LogP contribution in [-0.2, 0) is 40.4 Å². The lowest BCUT2D eigenvalue weighted by Crippen LogP contribution is -2.33. The standard InChI is InChI=1S/C36H44N4O5SSi/c1-36(2,3)45-34(43)32-26(12-10-20-41)16-17-31(37-32)39-19-18-25-11-9-13-27(28(25)23-39)33(42)38-35-40(24-44-21-22-47(4,5)6)29-14-7-8-15-30(29)46-35/h7-9,11,13-17,20H,10,12,18-19,21-24H2,1-6H3/b38-35-. The van der Waals surface area contributed by atoms with Gasteiger partial charge < -0.3 is 19.2 Å². The van der Waals surface area contributed by atoms with Crippen molar-refractivity contribution in [1.82, 2.24) is 9.55 Å². The number of thiazole rings is 1. The van der Waals surface area contributed by atoms with E-state index in [1.165, 1.54) is 11.3 Å². The second-order valence-electron chi connectivity index (χ2n) is 14.0. The molecule has 0 aliphatic carbocycles. The molecule has 0 atom stereocenters. The van der Waals surface area contributed by atoms with E-state index in [2.05, 4.69) is 35.6 Å². The number of fused-ring (bicyclic) bond motifs is 2. The van der Waals surface area contributed by atoms with Crippen LogP contribution >= 0.6 is 11.3 Å². The Morgan fingerprint density at radius 1 is 1.06 bits per heavy atom. The maximum absolute atomic E-state index is 13.9. The number of hydrogen-bond acceptors (Lipinski definition) is 8. The molecule has 9 nitrogen and oxygen atoms in total. The molecule has 1 aliphatic heterocycles. The van der Waals surface area contributed by atoms with E-state index in [0.717, 1.165) is 33.7 Å². The van der Waals surface area contributed by atoms with Gasteiger partial charge in [0.15, 0.2) is 10.5 Å². The number of aldehydes is 1. The molecule has 4 aromatic rings. The minimum atomic E-state index is -1.24. The average Bonchev–Trinajstić information content (AvgIpc) is 3.36. The highest BCUT2D eigenvalue weighted by atomic mass is 32.1. The monoisotopic (exact) mass is 672 g/mol. The van der Waals surface area contributed by atoms with Crippen molar-refractivity contribution in [3.05, 3.63) is 87.3 Å². The molecule has 5 rings (SSSR count). The van der Waals surface area contributed by atoms with Crippen molar-refractivity contribution in [1.29, 1.82) is 0 Å². The zero-order valence-electron chi connectivity index (χ0n) is 28.2. The maximum atomic E-state index is 13.9. The van der Waals surface area contributed by atoms with Crippen LogP contribution in [0.1, 0.15) is 64.7 Å². The molecule has 2 aromatic carbocycles. The quantitative estimate of drug-likeness (QED) is 0.0747. The molecule has 0 radical (unpaired) electrons. The lowest BCUT2D eigenvalue weighted by molar-refractivity contribution is -0.107. The number of ether oxygens (including phenoxy) is 2. The Labute approximate surface area is 281 Å². The van der Waals surface area contributed by atoms with E-state index in [4.69, 9.17) is 14.5 Å². The fraction of sp³-hybridized carbons (Fsp3) is 0.417. The minimum Gasteiger partial charge on any atom is -0.455 e. The van der Waals surface area contributed by atoms with Crippen LogP contribution in [-0.4, -0.2) is 54.5 Å². The zero-order valence-corrected chi connectivity index (χ0v) is 30.0. The number of amides is 1. The van der Waals surface area contributed by atoms with Crippen LogP contribution in [0.3, 0.4) is 0 Å². The van der Waals surface area contributed by atoms with Crippen molar-refractivity contribution in [2.45, 2.75) is 84.6 Å². The van der Waals surface area contributed by atoms with E-state index in [0.29, 0.717) is 61.0 Å². The van der Waals surface area contributed by atoms with E-state index in [-0.39, 0.29) is 18.0 Å². The molecule has 47 heavy (non-hydrogen) atoms. The van der Waals surface area contributed by atoms with E-state index >= 15 is 0 Å². The van der Waals surface area contributed by atoms with Crippen LogP contribution in [0.15, 0.2) is 59.6 Å². The Morgan fingerprint density at radius 3 is 2.60 bits per heavy atom. The van der Waals surface area contributed by atoms with Crippen LogP contribution in [0.5, 0.6) is 0 Å². The van der Waals surface area contributed by atoms with Gasteiger partial charge in [-0.3, -0.25) is 9.36 Å². The summed E-state index contributed by atoms with van der Waals surface area (Å²) in [6, 6.07) is 18.6. The molecule has 2 aromatic heterocycles. The Hall–Kier alpha value is -3.93. The third-order valence-corrected chi connectivity index (χ3v) is 10.7. The second-order valence-corrected chi connectivity index (χ2v) is 20.7. The van der Waals surface area contributed by atoms with Gasteiger partial charge in [-0.15, -0.1) is 0 Å². The first-order valence-corrected chi connectivity index (χ1v) is 20.6. The van der Waals surface area contributed by atoms with E-state index < -0.39 is 19.6 Å². The van der Waals surface area contributed by atoms with Gasteiger partial charge in [0.05, 0.1) is 10.2 Å². The summed E-state index contributed by atoms with van der Waals surface area (Å²) in [7, 11) is -1.24. The van der Waals surface area contributed by atoms with Crippen LogP contribution in [0, 0.1) is 0 Å². The number of esters is 1. The molecule has 1 amide bonds. The first kappa shape index (κ1) is 34.4. The molecule has 3 heterocycles. The largest absolute Gasteiger partial charge is 0.455 e. The number of anilines is 1. The number of hydrogen-bond donors (Lipinski definition) is 0. The first-order chi connectivity index (χ1) is 22.3. The van der Waals surface area contributed by atoms with E-state index in [9.17, 15) is 14.4 Å². The van der Waals surface area contributed by atoms with Crippen LogP contribution < -0.4 is 9.70 Å². The van der Waals surface area contributed by atoms with Gasteiger partial charge in [0.2, 0.25) is 0 Å². The summed E-state index contributed by atoms with van der Waals surface area (Å²) in [5.41, 5.74) is 3.72. The minimum absolute atomic E-state index is 0.214. The van der Waals surface area contributed by atoms with Gasteiger partial charge >= 0.3 is 5.97 Å². The van der Waals surface area contributed by atoms with E-state index in [1.807, 2.05) is 73.9 Å². The van der Waals surface area contributed by atoms with Gasteiger partial charge in [0, 0.05) is 39.8 Å². The molecule has 248 valence electrons. The number of para-hydroxylation sites is 1. The van der Waals surface area contributed by atoms with Crippen LogP contribution in [0.25, 0.3) is 10.2 Å². The number of aromatic nitrogens is 2. The summed E-state index contributed by atoms with van der Waals surface area (Å²) in [4.78, 5) is 50.2. The maximum Gasteiger partial charge on any atom is 0.357 e. The molecule has 1 aliphatic rings. The van der Waals surface area contributed by atoms with Crippen LogP contribution in [0.2, 0.25) is 25.7 Å². The predicted molar refractivity (Wildman–Crippen MR) is 189 cm³/mol. The first-order valence-electron chi connectivity index (χ1n) is 16.1. The molecular formula is C36H44N4O5SSi. The Balaban J connectivity index is 1.45. The van der Waals surface area contributed by atoms with Crippen molar-refractivity contribution in [3.8, 4) is 0 Å². The molecule has 0 unspecified atom stereocenters. The summed E-state index contributed by atoms with van der Waals surface area (Å²) >= 11 is 1.48. The Morgan fingerprint density at radius 2 is 1.85 bits per heavy atom. The van der Waals surface area contributed by atoms with Crippen molar-refractivity contribution >= 4 is 53.6 Å². The lowest BCUT2D eigenvalue weighted by Gasteiger charge is -2.31. The SMILES string of the molecule is CC(C)(C)OC(=O)c1nc(N2CCc3cccc(C(=O)/N=c4\sc5ccccc5n4COCC[Si](C)(C)C)c3C2)ccc1CCC=O.